The number of para-hydroxylation sites is 1. The molecule has 2 aromatic carbocycles. The SMILES string of the molecule is COc1cccc(C=NNc2nncc3ccccc23)c1OC. The summed E-state index contributed by atoms with van der Waals surface area (Å²) in [7, 11) is 3.20. The van der Waals surface area contributed by atoms with Crippen molar-refractivity contribution in [3.63, 3.8) is 0 Å². The second-order valence-corrected chi connectivity index (χ2v) is 4.73. The lowest BCUT2D eigenvalue weighted by Crippen LogP contribution is -1.98. The van der Waals surface area contributed by atoms with Crippen LogP contribution in [0.4, 0.5) is 5.82 Å². The van der Waals surface area contributed by atoms with Crippen LogP contribution >= 0.6 is 0 Å². The van der Waals surface area contributed by atoms with E-state index in [2.05, 4.69) is 20.7 Å². The normalized spacial score (nSPS) is 10.9. The number of fused-ring (bicyclic) bond motifs is 1. The van der Waals surface area contributed by atoms with E-state index in [9.17, 15) is 0 Å². The zero-order valence-electron chi connectivity index (χ0n) is 12.9. The van der Waals surface area contributed by atoms with E-state index in [0.717, 1.165) is 16.3 Å². The Morgan fingerprint density at radius 2 is 1.91 bits per heavy atom. The minimum Gasteiger partial charge on any atom is -0.493 e. The number of nitrogens with zero attached hydrogens (tertiary/aromatic N) is 3. The number of hydrogen-bond donors (Lipinski definition) is 1. The second kappa shape index (κ2) is 6.74. The van der Waals surface area contributed by atoms with Crippen molar-refractivity contribution in [3.8, 4) is 11.5 Å². The second-order valence-electron chi connectivity index (χ2n) is 4.73. The van der Waals surface area contributed by atoms with Crippen molar-refractivity contribution in [1.29, 1.82) is 0 Å². The summed E-state index contributed by atoms with van der Waals surface area (Å²) in [6, 6.07) is 13.4. The van der Waals surface area contributed by atoms with Gasteiger partial charge in [0.05, 0.1) is 26.6 Å². The van der Waals surface area contributed by atoms with Crippen LogP contribution in [0.2, 0.25) is 0 Å². The molecule has 0 aliphatic rings. The van der Waals surface area contributed by atoms with E-state index >= 15 is 0 Å². The van der Waals surface area contributed by atoms with Crippen LogP contribution < -0.4 is 14.9 Å². The van der Waals surface area contributed by atoms with Gasteiger partial charge in [0.1, 0.15) is 0 Å². The van der Waals surface area contributed by atoms with Crippen LogP contribution in [0.3, 0.4) is 0 Å². The van der Waals surface area contributed by atoms with Crippen LogP contribution in [-0.4, -0.2) is 30.6 Å². The van der Waals surface area contributed by atoms with Gasteiger partial charge in [-0.3, -0.25) is 5.43 Å². The highest BCUT2D eigenvalue weighted by atomic mass is 16.5. The summed E-state index contributed by atoms with van der Waals surface area (Å²) in [4.78, 5) is 0. The lowest BCUT2D eigenvalue weighted by molar-refractivity contribution is 0.354. The van der Waals surface area contributed by atoms with Crippen molar-refractivity contribution in [2.24, 2.45) is 5.10 Å². The maximum Gasteiger partial charge on any atom is 0.176 e. The van der Waals surface area contributed by atoms with Crippen molar-refractivity contribution in [2.45, 2.75) is 0 Å². The van der Waals surface area contributed by atoms with Crippen LogP contribution in [0.15, 0.2) is 53.8 Å². The maximum absolute atomic E-state index is 5.37. The molecule has 0 aliphatic heterocycles. The Morgan fingerprint density at radius 3 is 2.74 bits per heavy atom. The number of methoxy groups -OCH3 is 2. The molecule has 0 unspecified atom stereocenters. The third-order valence-electron chi connectivity index (χ3n) is 3.38. The molecule has 0 aliphatic carbocycles. The first kappa shape index (κ1) is 14.8. The van der Waals surface area contributed by atoms with Crippen molar-refractivity contribution in [3.05, 3.63) is 54.2 Å². The molecule has 0 saturated heterocycles. The topological polar surface area (TPSA) is 68.6 Å². The summed E-state index contributed by atoms with van der Waals surface area (Å²) in [5.74, 6) is 1.88. The monoisotopic (exact) mass is 308 g/mol. The average molecular weight is 308 g/mol. The Morgan fingerprint density at radius 1 is 1.04 bits per heavy atom. The number of nitrogens with one attached hydrogen (secondary N) is 1. The molecule has 6 heteroatoms. The van der Waals surface area contributed by atoms with Crippen molar-refractivity contribution < 1.29 is 9.47 Å². The zero-order valence-corrected chi connectivity index (χ0v) is 12.9. The third kappa shape index (κ3) is 3.06. The van der Waals surface area contributed by atoms with Gasteiger partial charge in [0.15, 0.2) is 17.3 Å². The molecular weight excluding hydrogens is 292 g/mol. The summed E-state index contributed by atoms with van der Waals surface area (Å²) in [5, 5.41) is 14.2. The lowest BCUT2D eigenvalue weighted by Gasteiger charge is -2.09. The van der Waals surface area contributed by atoms with Crippen LogP contribution in [0.1, 0.15) is 5.56 Å². The van der Waals surface area contributed by atoms with Crippen LogP contribution in [0, 0.1) is 0 Å². The molecule has 1 heterocycles. The highest BCUT2D eigenvalue weighted by Gasteiger charge is 2.07. The average Bonchev–Trinajstić information content (AvgIpc) is 2.61. The van der Waals surface area contributed by atoms with Gasteiger partial charge in [-0.1, -0.05) is 30.3 Å². The molecule has 0 spiro atoms. The molecule has 1 aromatic heterocycles. The zero-order chi connectivity index (χ0) is 16.1. The number of rotatable bonds is 5. The number of benzene rings is 2. The Kier molecular flexibility index (Phi) is 4.33. The van der Waals surface area contributed by atoms with Gasteiger partial charge in [-0.15, -0.1) is 5.10 Å². The quantitative estimate of drug-likeness (QED) is 0.579. The molecule has 3 rings (SSSR count). The lowest BCUT2D eigenvalue weighted by atomic mass is 10.2. The van der Waals surface area contributed by atoms with E-state index in [1.165, 1.54) is 0 Å². The predicted octanol–water partition coefficient (Wildman–Crippen LogP) is 3.09. The van der Waals surface area contributed by atoms with E-state index in [0.29, 0.717) is 17.3 Å². The van der Waals surface area contributed by atoms with Gasteiger partial charge in [0, 0.05) is 16.3 Å². The number of ether oxygens (including phenoxy) is 2. The summed E-state index contributed by atoms with van der Waals surface area (Å²) in [6.07, 6.45) is 3.38. The molecule has 3 aromatic rings. The smallest absolute Gasteiger partial charge is 0.176 e. The van der Waals surface area contributed by atoms with Gasteiger partial charge in [-0.2, -0.15) is 10.2 Å². The fraction of sp³-hybridized carbons (Fsp3) is 0.118. The van der Waals surface area contributed by atoms with Gasteiger partial charge >= 0.3 is 0 Å². The Hall–Kier alpha value is -3.15. The fourth-order valence-electron chi connectivity index (χ4n) is 2.29. The summed E-state index contributed by atoms with van der Waals surface area (Å²) < 4.78 is 10.6. The molecule has 0 radical (unpaired) electrons. The van der Waals surface area contributed by atoms with E-state index < -0.39 is 0 Å². The van der Waals surface area contributed by atoms with E-state index in [1.54, 1.807) is 26.6 Å². The fourth-order valence-corrected chi connectivity index (χ4v) is 2.29. The molecule has 116 valence electrons. The Labute approximate surface area is 133 Å². The highest BCUT2D eigenvalue weighted by molar-refractivity contribution is 5.91. The first-order valence-electron chi connectivity index (χ1n) is 7.04. The molecule has 23 heavy (non-hydrogen) atoms. The Bertz CT molecular complexity index is 844. The van der Waals surface area contributed by atoms with Crippen LogP contribution in [0.5, 0.6) is 11.5 Å². The van der Waals surface area contributed by atoms with E-state index in [-0.39, 0.29) is 0 Å². The molecule has 6 nitrogen and oxygen atoms in total. The maximum atomic E-state index is 5.37. The Balaban J connectivity index is 1.87. The molecule has 0 bridgehead atoms. The van der Waals surface area contributed by atoms with Crippen molar-refractivity contribution >= 4 is 22.8 Å². The molecule has 0 fully saturated rings. The van der Waals surface area contributed by atoms with Gasteiger partial charge < -0.3 is 9.47 Å². The van der Waals surface area contributed by atoms with Crippen molar-refractivity contribution in [1.82, 2.24) is 10.2 Å². The van der Waals surface area contributed by atoms with E-state index in [1.807, 2.05) is 42.5 Å². The van der Waals surface area contributed by atoms with E-state index in [4.69, 9.17) is 9.47 Å². The number of aromatic nitrogens is 2. The molecule has 0 amide bonds. The molecule has 0 atom stereocenters. The molecular formula is C17H16N4O2. The minimum atomic E-state index is 0.598. The largest absolute Gasteiger partial charge is 0.493 e. The summed E-state index contributed by atoms with van der Waals surface area (Å²) in [5.41, 5.74) is 3.72. The highest BCUT2D eigenvalue weighted by Crippen LogP contribution is 2.29. The van der Waals surface area contributed by atoms with Gasteiger partial charge in [-0.05, 0) is 12.1 Å². The standard InChI is InChI=1S/C17H16N4O2/c1-22-15-9-5-7-13(16(15)23-2)11-19-21-17-14-8-4-3-6-12(14)10-18-20-17/h3-11H,1-2H3,(H,20,21). The van der Waals surface area contributed by atoms with Gasteiger partial charge in [0.25, 0.3) is 0 Å². The predicted molar refractivity (Wildman–Crippen MR) is 90.3 cm³/mol. The van der Waals surface area contributed by atoms with Gasteiger partial charge in [-0.25, -0.2) is 0 Å². The molecule has 1 N–H and O–H groups in total. The first-order chi connectivity index (χ1) is 11.3. The third-order valence-corrected chi connectivity index (χ3v) is 3.38. The number of anilines is 1. The number of hydrogen-bond acceptors (Lipinski definition) is 6. The van der Waals surface area contributed by atoms with Crippen molar-refractivity contribution in [2.75, 3.05) is 19.6 Å². The van der Waals surface area contributed by atoms with Crippen LogP contribution in [-0.2, 0) is 0 Å². The minimum absolute atomic E-state index is 0.598. The van der Waals surface area contributed by atoms with Gasteiger partial charge in [0.2, 0.25) is 0 Å². The van der Waals surface area contributed by atoms with Crippen LogP contribution in [0.25, 0.3) is 10.8 Å². The first-order valence-corrected chi connectivity index (χ1v) is 7.04. The number of hydrazone groups is 1. The summed E-state index contributed by atoms with van der Waals surface area (Å²) in [6.45, 7) is 0. The summed E-state index contributed by atoms with van der Waals surface area (Å²) >= 11 is 0. The molecule has 0 saturated carbocycles.